The molecule has 4 fully saturated rings. The average Bonchev–Trinajstić information content (AvgIpc) is 3.08. The molecule has 0 aromatic rings. The second-order valence-corrected chi connectivity index (χ2v) is 15.2. The SMILES string of the molecule is CC[C@@H](CC[C@@H](C)[C@H]1CC[C@H]2[C@@H]3CC(=O)[C@@]4(Br)C[C@@H](Cl)CC[C@]4(C)[C@H]3CC[C@]12C)C(C)C. The second-order valence-electron chi connectivity index (χ2n) is 13.3. The summed E-state index contributed by atoms with van der Waals surface area (Å²) in [6, 6.07) is 0. The zero-order chi connectivity index (χ0) is 23.5. The lowest BCUT2D eigenvalue weighted by Gasteiger charge is -2.63. The first-order valence-corrected chi connectivity index (χ1v) is 15.1. The van der Waals surface area contributed by atoms with Gasteiger partial charge >= 0.3 is 0 Å². The second kappa shape index (κ2) is 9.15. The summed E-state index contributed by atoms with van der Waals surface area (Å²) in [6.07, 6.45) is 13.3. The van der Waals surface area contributed by atoms with Crippen LogP contribution in [0.4, 0.5) is 0 Å². The van der Waals surface area contributed by atoms with Crippen molar-refractivity contribution in [2.24, 2.45) is 52.3 Å². The number of fused-ring (bicyclic) bond motifs is 5. The van der Waals surface area contributed by atoms with Gasteiger partial charge in [-0.1, -0.05) is 70.3 Å². The molecule has 1 nitrogen and oxygen atoms in total. The molecule has 4 aliphatic rings. The van der Waals surface area contributed by atoms with Gasteiger partial charge < -0.3 is 0 Å². The lowest BCUT2D eigenvalue weighted by molar-refractivity contribution is -0.147. The van der Waals surface area contributed by atoms with Crippen LogP contribution < -0.4 is 0 Å². The number of carbonyl (C=O) groups excluding carboxylic acids is 1. The van der Waals surface area contributed by atoms with Crippen LogP contribution in [0.15, 0.2) is 0 Å². The maximum Gasteiger partial charge on any atom is 0.150 e. The Balaban J connectivity index is 1.52. The summed E-state index contributed by atoms with van der Waals surface area (Å²) in [7, 11) is 0. The van der Waals surface area contributed by atoms with Gasteiger partial charge in [-0.25, -0.2) is 0 Å². The van der Waals surface area contributed by atoms with Gasteiger partial charge in [0, 0.05) is 11.8 Å². The number of hydrogen-bond acceptors (Lipinski definition) is 1. The van der Waals surface area contributed by atoms with Gasteiger partial charge in [0.25, 0.3) is 0 Å². The van der Waals surface area contributed by atoms with Crippen LogP contribution in [0.1, 0.15) is 112 Å². The van der Waals surface area contributed by atoms with Crippen molar-refractivity contribution in [3.63, 3.8) is 0 Å². The molecule has 0 aromatic heterocycles. The number of rotatable bonds is 6. The van der Waals surface area contributed by atoms with E-state index < -0.39 is 0 Å². The normalized spacial score (nSPS) is 48.2. The lowest BCUT2D eigenvalue weighted by Crippen LogP contribution is -2.64. The highest BCUT2D eigenvalue weighted by Gasteiger charge is 2.67. The molecule has 4 aliphatic carbocycles. The van der Waals surface area contributed by atoms with Crippen molar-refractivity contribution < 1.29 is 4.79 Å². The van der Waals surface area contributed by atoms with Crippen LogP contribution in [0, 0.1) is 52.3 Å². The van der Waals surface area contributed by atoms with Crippen molar-refractivity contribution in [3.8, 4) is 0 Å². The molecule has 0 radical (unpaired) electrons. The van der Waals surface area contributed by atoms with E-state index >= 15 is 0 Å². The van der Waals surface area contributed by atoms with Crippen LogP contribution in [0.3, 0.4) is 0 Å². The van der Waals surface area contributed by atoms with Gasteiger partial charge in [0.05, 0.1) is 4.32 Å². The van der Waals surface area contributed by atoms with Crippen molar-refractivity contribution in [3.05, 3.63) is 0 Å². The third-order valence-electron chi connectivity index (χ3n) is 11.7. The fraction of sp³-hybridized carbons (Fsp3) is 0.966. The van der Waals surface area contributed by atoms with Gasteiger partial charge in [0.2, 0.25) is 0 Å². The van der Waals surface area contributed by atoms with Gasteiger partial charge in [-0.2, -0.15) is 0 Å². The Morgan fingerprint density at radius 2 is 1.75 bits per heavy atom. The third kappa shape index (κ3) is 3.88. The Morgan fingerprint density at radius 3 is 2.41 bits per heavy atom. The molecular weight excluding hydrogens is 480 g/mol. The number of halogens is 2. The Labute approximate surface area is 211 Å². The highest BCUT2D eigenvalue weighted by molar-refractivity contribution is 9.10. The molecule has 0 aromatic carbocycles. The van der Waals surface area contributed by atoms with Gasteiger partial charge in [-0.05, 0) is 104 Å². The largest absolute Gasteiger partial charge is 0.298 e. The molecule has 10 atom stereocenters. The van der Waals surface area contributed by atoms with Crippen molar-refractivity contribution >= 4 is 33.3 Å². The van der Waals surface area contributed by atoms with Crippen molar-refractivity contribution in [2.45, 2.75) is 122 Å². The summed E-state index contributed by atoms with van der Waals surface area (Å²) in [5.41, 5.74) is 0.516. The molecule has 0 spiro atoms. The van der Waals surface area contributed by atoms with Crippen LogP contribution in [0.2, 0.25) is 0 Å². The predicted molar refractivity (Wildman–Crippen MR) is 140 cm³/mol. The van der Waals surface area contributed by atoms with Crippen LogP contribution in [0.25, 0.3) is 0 Å². The molecule has 184 valence electrons. The quantitative estimate of drug-likeness (QED) is 0.315. The van der Waals surface area contributed by atoms with E-state index in [1.807, 2.05) is 0 Å². The van der Waals surface area contributed by atoms with E-state index in [0.717, 1.165) is 55.3 Å². The van der Waals surface area contributed by atoms with E-state index in [0.29, 0.717) is 23.0 Å². The molecule has 0 heterocycles. The first-order chi connectivity index (χ1) is 15.0. The van der Waals surface area contributed by atoms with Crippen LogP contribution in [-0.2, 0) is 4.79 Å². The molecule has 0 amide bonds. The average molecular weight is 528 g/mol. The third-order valence-corrected chi connectivity index (χ3v) is 13.8. The zero-order valence-corrected chi connectivity index (χ0v) is 23.9. The maximum atomic E-state index is 13.6. The van der Waals surface area contributed by atoms with Crippen molar-refractivity contribution in [1.29, 1.82) is 0 Å². The summed E-state index contributed by atoms with van der Waals surface area (Å²) >= 11 is 10.6. The molecule has 4 saturated carbocycles. The fourth-order valence-corrected chi connectivity index (χ4v) is 11.2. The molecular formula is C29H48BrClO. The maximum absolute atomic E-state index is 13.6. The van der Waals surface area contributed by atoms with Crippen LogP contribution in [-0.4, -0.2) is 15.5 Å². The molecule has 0 saturated heterocycles. The number of Topliss-reactive ketones (excluding diaryl/α,β-unsaturated/α-hetero) is 1. The van der Waals surface area contributed by atoms with Crippen molar-refractivity contribution in [2.75, 3.05) is 0 Å². The molecule has 0 N–H and O–H groups in total. The highest BCUT2D eigenvalue weighted by Crippen LogP contribution is 2.70. The number of alkyl halides is 2. The molecule has 4 rings (SSSR count). The van der Waals surface area contributed by atoms with E-state index in [-0.39, 0.29) is 15.1 Å². The number of carbonyl (C=O) groups is 1. The standard InChI is InChI=1S/C29H48BrClO/c1-7-20(18(2)3)9-8-19(4)23-10-11-24-22-16-26(32)29(30)17-21(31)12-15-28(29,6)25(22)13-14-27(23,24)5/h18-25H,7-17H2,1-6H3/t19-,20+,21+,22+,23-,24+,25+,27-,28-,29+/m1/s1. The van der Waals surface area contributed by atoms with Gasteiger partial charge in [-0.3, -0.25) is 4.79 Å². The first-order valence-electron chi connectivity index (χ1n) is 13.8. The summed E-state index contributed by atoms with van der Waals surface area (Å²) in [5.74, 6) is 5.82. The minimum absolute atomic E-state index is 0.0784. The molecule has 32 heavy (non-hydrogen) atoms. The fourth-order valence-electron chi connectivity index (χ4n) is 9.61. The highest BCUT2D eigenvalue weighted by atomic mass is 79.9. The zero-order valence-electron chi connectivity index (χ0n) is 21.6. The molecule has 3 heteroatoms. The topological polar surface area (TPSA) is 17.1 Å². The molecule has 0 bridgehead atoms. The van der Waals surface area contributed by atoms with Crippen molar-refractivity contribution in [1.82, 2.24) is 0 Å². The van der Waals surface area contributed by atoms with Gasteiger partial charge in [0.15, 0.2) is 0 Å². The van der Waals surface area contributed by atoms with Gasteiger partial charge in [0.1, 0.15) is 5.78 Å². The smallest absolute Gasteiger partial charge is 0.150 e. The summed E-state index contributed by atoms with van der Waals surface area (Å²) in [4.78, 5) is 13.6. The Bertz CT molecular complexity index is 707. The van der Waals surface area contributed by atoms with E-state index in [2.05, 4.69) is 57.5 Å². The Hall–Kier alpha value is 0.440. The Morgan fingerprint density at radius 1 is 1.03 bits per heavy atom. The number of ketones is 1. The minimum Gasteiger partial charge on any atom is -0.298 e. The molecule has 0 unspecified atom stereocenters. The summed E-state index contributed by atoms with van der Waals surface area (Å²) in [5, 5.41) is 0.145. The van der Waals surface area contributed by atoms with Gasteiger partial charge in [-0.15, -0.1) is 11.6 Å². The van der Waals surface area contributed by atoms with E-state index in [4.69, 9.17) is 11.6 Å². The lowest BCUT2D eigenvalue weighted by atomic mass is 9.44. The summed E-state index contributed by atoms with van der Waals surface area (Å²) < 4.78 is -0.378. The monoisotopic (exact) mass is 526 g/mol. The predicted octanol–water partition coefficient (Wildman–Crippen LogP) is 9.05. The first kappa shape index (κ1) is 25.5. The number of hydrogen-bond donors (Lipinski definition) is 0. The van der Waals surface area contributed by atoms with E-state index in [1.165, 1.54) is 44.9 Å². The van der Waals surface area contributed by atoms with Crippen LogP contribution >= 0.6 is 27.5 Å². The van der Waals surface area contributed by atoms with E-state index in [1.54, 1.807) is 0 Å². The molecule has 0 aliphatic heterocycles. The van der Waals surface area contributed by atoms with Crippen LogP contribution in [0.5, 0.6) is 0 Å². The van der Waals surface area contributed by atoms with E-state index in [9.17, 15) is 4.79 Å². The Kier molecular flexibility index (Phi) is 7.30. The minimum atomic E-state index is -0.378. The summed E-state index contributed by atoms with van der Waals surface area (Å²) in [6.45, 7) is 14.8.